The van der Waals surface area contributed by atoms with Crippen LogP contribution >= 0.6 is 23.2 Å². The van der Waals surface area contributed by atoms with Crippen molar-refractivity contribution in [3.05, 3.63) is 40.5 Å². The highest BCUT2D eigenvalue weighted by atomic mass is 35.5. The summed E-state index contributed by atoms with van der Waals surface area (Å²) in [7, 11) is 0. The molecule has 0 radical (unpaired) electrons. The predicted octanol–water partition coefficient (Wildman–Crippen LogP) is 3.98. The van der Waals surface area contributed by atoms with Crippen molar-refractivity contribution in [2.24, 2.45) is 0 Å². The first-order chi connectivity index (χ1) is 7.24. The van der Waals surface area contributed by atoms with Gasteiger partial charge in [-0.2, -0.15) is 0 Å². The average Bonchev–Trinajstić information content (AvgIpc) is 2.24. The molecular formula is C12H11Cl2N. The fraction of sp³-hybridized carbons (Fsp3) is 0.250. The van der Waals surface area contributed by atoms with Gasteiger partial charge in [0.05, 0.1) is 10.5 Å². The molecule has 2 aromatic rings. The zero-order valence-electron chi connectivity index (χ0n) is 8.43. The highest BCUT2D eigenvalue weighted by molar-refractivity contribution is 6.36. The smallest absolute Gasteiger partial charge is 0.0720 e. The molecule has 0 spiro atoms. The van der Waals surface area contributed by atoms with Crippen LogP contribution in [-0.2, 0) is 6.42 Å². The van der Waals surface area contributed by atoms with Crippen LogP contribution in [0.3, 0.4) is 0 Å². The minimum Gasteiger partial charge on any atom is -0.253 e. The van der Waals surface area contributed by atoms with Crippen LogP contribution in [0, 0.1) is 6.92 Å². The maximum absolute atomic E-state index is 6.33. The number of alkyl halides is 1. The van der Waals surface area contributed by atoms with Gasteiger partial charge in [-0.15, -0.1) is 11.6 Å². The Morgan fingerprint density at radius 2 is 2.00 bits per heavy atom. The number of para-hydroxylation sites is 1. The van der Waals surface area contributed by atoms with Crippen LogP contribution < -0.4 is 0 Å². The third-order valence-electron chi connectivity index (χ3n) is 2.47. The third-order valence-corrected chi connectivity index (χ3v) is 3.10. The van der Waals surface area contributed by atoms with Crippen molar-refractivity contribution in [2.75, 3.05) is 5.88 Å². The molecule has 0 saturated heterocycles. The van der Waals surface area contributed by atoms with E-state index < -0.39 is 0 Å². The van der Waals surface area contributed by atoms with Crippen LogP contribution in [-0.4, -0.2) is 10.9 Å². The summed E-state index contributed by atoms with van der Waals surface area (Å²) in [5, 5.41) is 1.80. The predicted molar refractivity (Wildman–Crippen MR) is 65.9 cm³/mol. The van der Waals surface area contributed by atoms with Crippen LogP contribution in [0.1, 0.15) is 11.3 Å². The number of halogens is 2. The van der Waals surface area contributed by atoms with Crippen LogP contribution in [0.25, 0.3) is 10.9 Å². The summed E-state index contributed by atoms with van der Waals surface area (Å²) in [6, 6.07) is 7.89. The van der Waals surface area contributed by atoms with Gasteiger partial charge in [0.1, 0.15) is 0 Å². The van der Waals surface area contributed by atoms with Gasteiger partial charge in [0.2, 0.25) is 0 Å². The van der Waals surface area contributed by atoms with Crippen LogP contribution in [0.5, 0.6) is 0 Å². The molecule has 0 aliphatic heterocycles. The topological polar surface area (TPSA) is 12.9 Å². The molecule has 78 valence electrons. The van der Waals surface area contributed by atoms with E-state index in [4.69, 9.17) is 23.2 Å². The number of rotatable bonds is 2. The zero-order chi connectivity index (χ0) is 10.8. The fourth-order valence-electron chi connectivity index (χ4n) is 1.71. The second-order valence-corrected chi connectivity index (χ2v) is 4.20. The summed E-state index contributed by atoms with van der Waals surface area (Å²) < 4.78 is 0. The van der Waals surface area contributed by atoms with Gasteiger partial charge >= 0.3 is 0 Å². The van der Waals surface area contributed by atoms with Crippen molar-refractivity contribution < 1.29 is 0 Å². The lowest BCUT2D eigenvalue weighted by Crippen LogP contribution is -1.97. The number of aromatic nitrogens is 1. The van der Waals surface area contributed by atoms with Gasteiger partial charge in [-0.3, -0.25) is 4.98 Å². The van der Waals surface area contributed by atoms with E-state index in [-0.39, 0.29) is 0 Å². The SMILES string of the molecule is Cc1nc2ccccc2c(Cl)c1CCCl. The summed E-state index contributed by atoms with van der Waals surface area (Å²) in [5.74, 6) is 0.570. The molecule has 3 heteroatoms. The maximum atomic E-state index is 6.33. The Morgan fingerprint density at radius 1 is 1.27 bits per heavy atom. The van der Waals surface area contributed by atoms with Gasteiger partial charge in [0.15, 0.2) is 0 Å². The average molecular weight is 240 g/mol. The summed E-state index contributed by atoms with van der Waals surface area (Å²) in [6.45, 7) is 1.97. The lowest BCUT2D eigenvalue weighted by Gasteiger charge is -2.09. The Labute approximate surface area is 99.0 Å². The molecule has 0 fully saturated rings. The number of benzene rings is 1. The van der Waals surface area contributed by atoms with Gasteiger partial charge in [0, 0.05) is 17.0 Å². The quantitative estimate of drug-likeness (QED) is 0.723. The van der Waals surface area contributed by atoms with Gasteiger partial charge in [-0.05, 0) is 25.0 Å². The molecule has 1 heterocycles. The largest absolute Gasteiger partial charge is 0.253 e. The van der Waals surface area contributed by atoms with Crippen molar-refractivity contribution in [2.45, 2.75) is 13.3 Å². The molecule has 0 bridgehead atoms. The van der Waals surface area contributed by atoms with Gasteiger partial charge < -0.3 is 0 Å². The Kier molecular flexibility index (Phi) is 3.13. The third kappa shape index (κ3) is 1.95. The number of pyridine rings is 1. The van der Waals surface area contributed by atoms with E-state index in [1.54, 1.807) is 0 Å². The van der Waals surface area contributed by atoms with Crippen molar-refractivity contribution in [3.8, 4) is 0 Å². The minimum atomic E-state index is 0.570. The van der Waals surface area contributed by atoms with E-state index in [2.05, 4.69) is 4.98 Å². The van der Waals surface area contributed by atoms with Crippen molar-refractivity contribution in [1.82, 2.24) is 4.98 Å². The van der Waals surface area contributed by atoms with Crippen LogP contribution in [0.2, 0.25) is 5.02 Å². The van der Waals surface area contributed by atoms with Crippen molar-refractivity contribution in [1.29, 1.82) is 0 Å². The molecule has 1 aromatic heterocycles. The van der Waals surface area contributed by atoms with Crippen LogP contribution in [0.4, 0.5) is 0 Å². The number of nitrogens with zero attached hydrogens (tertiary/aromatic N) is 1. The Hall–Kier alpha value is -0.790. The fourth-order valence-corrected chi connectivity index (χ4v) is 2.29. The first-order valence-electron chi connectivity index (χ1n) is 4.83. The number of fused-ring (bicyclic) bond motifs is 1. The van der Waals surface area contributed by atoms with Gasteiger partial charge in [0.25, 0.3) is 0 Å². The van der Waals surface area contributed by atoms with E-state index in [9.17, 15) is 0 Å². The summed E-state index contributed by atoms with van der Waals surface area (Å²) in [6.07, 6.45) is 0.768. The lowest BCUT2D eigenvalue weighted by atomic mass is 10.1. The molecular weight excluding hydrogens is 229 g/mol. The molecule has 0 amide bonds. The molecule has 0 aliphatic carbocycles. The van der Waals surface area contributed by atoms with E-state index >= 15 is 0 Å². The highest BCUT2D eigenvalue weighted by Crippen LogP contribution is 2.28. The number of hydrogen-bond acceptors (Lipinski definition) is 1. The molecule has 15 heavy (non-hydrogen) atoms. The first-order valence-corrected chi connectivity index (χ1v) is 5.75. The molecule has 0 N–H and O–H groups in total. The van der Waals surface area contributed by atoms with E-state index in [0.29, 0.717) is 5.88 Å². The first kappa shape index (κ1) is 10.7. The van der Waals surface area contributed by atoms with E-state index in [1.807, 2.05) is 31.2 Å². The lowest BCUT2D eigenvalue weighted by molar-refractivity contribution is 1.07. The summed E-state index contributed by atoms with van der Waals surface area (Å²) >= 11 is 12.1. The minimum absolute atomic E-state index is 0.570. The highest BCUT2D eigenvalue weighted by Gasteiger charge is 2.09. The molecule has 0 unspecified atom stereocenters. The molecule has 0 saturated carbocycles. The Morgan fingerprint density at radius 3 is 2.73 bits per heavy atom. The molecule has 2 rings (SSSR count). The van der Waals surface area contributed by atoms with Crippen molar-refractivity contribution in [3.63, 3.8) is 0 Å². The normalized spacial score (nSPS) is 10.9. The van der Waals surface area contributed by atoms with Gasteiger partial charge in [-0.1, -0.05) is 29.8 Å². The molecule has 0 atom stereocenters. The number of aryl methyl sites for hydroxylation is 1. The molecule has 1 aromatic carbocycles. The second-order valence-electron chi connectivity index (χ2n) is 3.45. The maximum Gasteiger partial charge on any atom is 0.0720 e. The zero-order valence-corrected chi connectivity index (χ0v) is 9.94. The summed E-state index contributed by atoms with van der Waals surface area (Å²) in [4.78, 5) is 4.51. The van der Waals surface area contributed by atoms with Crippen LogP contribution in [0.15, 0.2) is 24.3 Å². The van der Waals surface area contributed by atoms with Crippen molar-refractivity contribution >= 4 is 34.1 Å². The van der Waals surface area contributed by atoms with Gasteiger partial charge in [-0.25, -0.2) is 0 Å². The molecule has 0 aliphatic rings. The van der Waals surface area contributed by atoms with E-state index in [1.165, 1.54) is 0 Å². The Bertz CT molecular complexity index is 494. The van der Waals surface area contributed by atoms with E-state index in [0.717, 1.165) is 33.6 Å². The monoisotopic (exact) mass is 239 g/mol. The Balaban J connectivity index is 2.72. The standard InChI is InChI=1S/C12H11Cl2N/c1-8-9(6-7-13)12(14)10-4-2-3-5-11(10)15-8/h2-5H,6-7H2,1H3. The molecule has 1 nitrogen and oxygen atoms in total. The number of hydrogen-bond donors (Lipinski definition) is 0. The summed E-state index contributed by atoms with van der Waals surface area (Å²) in [5.41, 5.74) is 2.98. The second kappa shape index (κ2) is 4.38.